The molecule has 0 unspecified atom stereocenters. The molecule has 1 aromatic heterocycles. The highest BCUT2D eigenvalue weighted by Crippen LogP contribution is 2.40. The summed E-state index contributed by atoms with van der Waals surface area (Å²) in [5.41, 5.74) is -0.897. The molecule has 0 spiro atoms. The number of nitrogens with one attached hydrogen (secondary N) is 1. The smallest absolute Gasteiger partial charge is 0.341 e. The van der Waals surface area contributed by atoms with E-state index >= 15 is 0 Å². The van der Waals surface area contributed by atoms with E-state index in [0.717, 1.165) is 22.6 Å². The van der Waals surface area contributed by atoms with Gasteiger partial charge in [-0.1, -0.05) is 6.92 Å². The molecule has 0 fully saturated rings. The number of rotatable bonds is 4. The highest BCUT2D eigenvalue weighted by molar-refractivity contribution is 7.17. The van der Waals surface area contributed by atoms with Crippen LogP contribution in [-0.2, 0) is 17.6 Å². The Morgan fingerprint density at radius 1 is 1.03 bits per heavy atom. The number of amides is 1. The SMILES string of the molecule is CCOC(=O)c1c(NC(=O)c2c(F)c(F)c(F)c(F)c2F)sc2c1CC[C@H](C)C2. The number of benzene rings is 1. The molecule has 156 valence electrons. The summed E-state index contributed by atoms with van der Waals surface area (Å²) in [7, 11) is 0. The van der Waals surface area contributed by atoms with Gasteiger partial charge in [0.25, 0.3) is 5.91 Å². The van der Waals surface area contributed by atoms with Crippen molar-refractivity contribution < 1.29 is 36.3 Å². The molecule has 4 nitrogen and oxygen atoms in total. The minimum atomic E-state index is -2.36. The molecule has 3 rings (SSSR count). The van der Waals surface area contributed by atoms with Crippen molar-refractivity contribution in [1.82, 2.24) is 0 Å². The van der Waals surface area contributed by atoms with E-state index in [9.17, 15) is 31.5 Å². The zero-order valence-electron chi connectivity index (χ0n) is 15.4. The molecule has 0 saturated heterocycles. The van der Waals surface area contributed by atoms with Crippen molar-refractivity contribution in [3.63, 3.8) is 0 Å². The van der Waals surface area contributed by atoms with Gasteiger partial charge in [-0.25, -0.2) is 26.7 Å². The molecule has 1 aromatic carbocycles. The van der Waals surface area contributed by atoms with Crippen molar-refractivity contribution in [3.05, 3.63) is 50.7 Å². The highest BCUT2D eigenvalue weighted by Gasteiger charge is 2.33. The Hall–Kier alpha value is -2.49. The molecule has 1 heterocycles. The number of thiophene rings is 1. The summed E-state index contributed by atoms with van der Waals surface area (Å²) in [6.07, 6.45) is 1.96. The van der Waals surface area contributed by atoms with Gasteiger partial charge in [0.2, 0.25) is 5.82 Å². The Kier molecular flexibility index (Phi) is 5.92. The summed E-state index contributed by atoms with van der Waals surface area (Å²) >= 11 is 1.03. The number of carbonyl (C=O) groups is 2. The zero-order valence-corrected chi connectivity index (χ0v) is 16.2. The van der Waals surface area contributed by atoms with Gasteiger partial charge in [0.05, 0.1) is 12.2 Å². The summed E-state index contributed by atoms with van der Waals surface area (Å²) in [4.78, 5) is 25.6. The van der Waals surface area contributed by atoms with Crippen LogP contribution in [0.4, 0.5) is 27.0 Å². The minimum absolute atomic E-state index is 0.0449. The predicted molar refractivity (Wildman–Crippen MR) is 95.6 cm³/mol. The number of ether oxygens (including phenoxy) is 1. The number of anilines is 1. The van der Waals surface area contributed by atoms with E-state index in [2.05, 4.69) is 5.32 Å². The first-order valence-electron chi connectivity index (χ1n) is 8.81. The van der Waals surface area contributed by atoms with Gasteiger partial charge in [-0.15, -0.1) is 11.3 Å². The van der Waals surface area contributed by atoms with E-state index in [1.165, 1.54) is 0 Å². The molecule has 1 atom stereocenters. The summed E-state index contributed by atoms with van der Waals surface area (Å²) in [6.45, 7) is 3.66. The largest absolute Gasteiger partial charge is 0.462 e. The molecule has 1 aliphatic rings. The third kappa shape index (κ3) is 3.73. The number of fused-ring (bicyclic) bond motifs is 1. The molecule has 0 bridgehead atoms. The van der Waals surface area contributed by atoms with Crippen LogP contribution >= 0.6 is 11.3 Å². The first-order chi connectivity index (χ1) is 13.7. The van der Waals surface area contributed by atoms with Crippen molar-refractivity contribution in [2.24, 2.45) is 5.92 Å². The number of hydrogen-bond acceptors (Lipinski definition) is 4. The van der Waals surface area contributed by atoms with Gasteiger partial charge in [-0.2, -0.15) is 0 Å². The quantitative estimate of drug-likeness (QED) is 0.320. The first-order valence-corrected chi connectivity index (χ1v) is 9.63. The van der Waals surface area contributed by atoms with Crippen LogP contribution in [-0.4, -0.2) is 18.5 Å². The lowest BCUT2D eigenvalue weighted by atomic mass is 9.88. The van der Waals surface area contributed by atoms with Crippen molar-refractivity contribution in [2.45, 2.75) is 33.1 Å². The van der Waals surface area contributed by atoms with E-state index in [4.69, 9.17) is 4.74 Å². The second kappa shape index (κ2) is 8.10. The first kappa shape index (κ1) is 21.2. The molecule has 0 aliphatic heterocycles. The van der Waals surface area contributed by atoms with Crippen LogP contribution in [0, 0.1) is 35.0 Å². The van der Waals surface area contributed by atoms with Crippen LogP contribution in [0.1, 0.15) is 51.4 Å². The molecule has 1 N–H and O–H groups in total. The molecule has 29 heavy (non-hydrogen) atoms. The lowest BCUT2D eigenvalue weighted by molar-refractivity contribution is 0.0526. The van der Waals surface area contributed by atoms with Gasteiger partial charge in [0.15, 0.2) is 23.3 Å². The summed E-state index contributed by atoms with van der Waals surface area (Å²) in [5, 5.41) is 2.09. The van der Waals surface area contributed by atoms with Gasteiger partial charge >= 0.3 is 5.97 Å². The topological polar surface area (TPSA) is 55.4 Å². The molecular weight excluding hydrogens is 417 g/mol. The Morgan fingerprint density at radius 2 is 1.62 bits per heavy atom. The standard InChI is InChI=1S/C19H16F5NO3S/c1-3-28-19(27)10-8-5-4-7(2)6-9(8)29-18(10)25-17(26)11-12(20)14(22)16(24)15(23)13(11)21/h7H,3-6H2,1-2H3,(H,25,26)/t7-/m0/s1. The Bertz CT molecular complexity index is 975. The van der Waals surface area contributed by atoms with Crippen molar-refractivity contribution >= 4 is 28.2 Å². The van der Waals surface area contributed by atoms with E-state index < -0.39 is 46.5 Å². The number of halogens is 5. The molecule has 2 aromatic rings. The fraction of sp³-hybridized carbons (Fsp3) is 0.368. The number of esters is 1. The molecule has 10 heteroatoms. The minimum Gasteiger partial charge on any atom is -0.462 e. The Balaban J connectivity index is 2.05. The monoisotopic (exact) mass is 433 g/mol. The number of hydrogen-bond donors (Lipinski definition) is 1. The summed E-state index contributed by atoms with van der Waals surface area (Å²) in [6, 6.07) is 0. The lowest BCUT2D eigenvalue weighted by Crippen LogP contribution is -2.20. The van der Waals surface area contributed by atoms with Gasteiger partial charge in [-0.05, 0) is 37.7 Å². The normalized spacial score (nSPS) is 15.8. The maximum Gasteiger partial charge on any atom is 0.341 e. The van der Waals surface area contributed by atoms with Crippen molar-refractivity contribution in [2.75, 3.05) is 11.9 Å². The molecule has 0 radical (unpaired) electrons. The maximum atomic E-state index is 13.9. The molecule has 0 saturated carbocycles. The third-order valence-corrected chi connectivity index (χ3v) is 5.82. The van der Waals surface area contributed by atoms with Gasteiger partial charge in [-0.3, -0.25) is 4.79 Å². The van der Waals surface area contributed by atoms with Gasteiger partial charge < -0.3 is 10.1 Å². The third-order valence-electron chi connectivity index (χ3n) is 4.66. The van der Waals surface area contributed by atoms with Crippen LogP contribution in [0.5, 0.6) is 0 Å². The van der Waals surface area contributed by atoms with Crippen LogP contribution in [0.15, 0.2) is 0 Å². The van der Waals surface area contributed by atoms with Crippen LogP contribution < -0.4 is 5.32 Å². The van der Waals surface area contributed by atoms with E-state index in [-0.39, 0.29) is 17.2 Å². The van der Waals surface area contributed by atoms with Gasteiger partial charge in [0.1, 0.15) is 10.6 Å². The fourth-order valence-electron chi connectivity index (χ4n) is 3.23. The molecule has 1 amide bonds. The molecular formula is C19H16F5NO3S. The van der Waals surface area contributed by atoms with E-state index in [1.54, 1.807) is 6.92 Å². The van der Waals surface area contributed by atoms with Crippen LogP contribution in [0.2, 0.25) is 0 Å². The summed E-state index contributed by atoms with van der Waals surface area (Å²) < 4.78 is 73.0. The second-order valence-electron chi connectivity index (χ2n) is 6.68. The van der Waals surface area contributed by atoms with Gasteiger partial charge in [0, 0.05) is 4.88 Å². The maximum absolute atomic E-state index is 13.9. The zero-order chi connectivity index (χ0) is 21.5. The summed E-state index contributed by atoms with van der Waals surface area (Å²) in [5.74, 6) is -13.2. The Morgan fingerprint density at radius 3 is 2.21 bits per heavy atom. The van der Waals surface area contributed by atoms with Crippen LogP contribution in [0.25, 0.3) is 0 Å². The lowest BCUT2D eigenvalue weighted by Gasteiger charge is -2.18. The fourth-order valence-corrected chi connectivity index (χ4v) is 4.62. The Labute approximate surface area is 166 Å². The van der Waals surface area contributed by atoms with Crippen molar-refractivity contribution in [1.29, 1.82) is 0 Å². The van der Waals surface area contributed by atoms with E-state index in [0.29, 0.717) is 24.3 Å². The van der Waals surface area contributed by atoms with Crippen LogP contribution in [0.3, 0.4) is 0 Å². The predicted octanol–water partition coefficient (Wildman–Crippen LogP) is 5.00. The van der Waals surface area contributed by atoms with E-state index in [1.807, 2.05) is 6.92 Å². The number of carbonyl (C=O) groups excluding carboxylic acids is 2. The second-order valence-corrected chi connectivity index (χ2v) is 7.78. The highest BCUT2D eigenvalue weighted by atomic mass is 32.1. The average Bonchev–Trinajstić information content (AvgIpc) is 3.01. The molecule has 1 aliphatic carbocycles. The average molecular weight is 433 g/mol. The van der Waals surface area contributed by atoms with Crippen molar-refractivity contribution in [3.8, 4) is 0 Å².